The molecular formula is C34H34ClN4O4Rh. The predicted molar refractivity (Wildman–Crippen MR) is 174 cm³/mol. The Kier molecular flexibility index (Phi) is 10.2. The van der Waals surface area contributed by atoms with Crippen LogP contribution in [0.5, 0.6) is 0 Å². The molecule has 0 saturated heterocycles. The van der Waals surface area contributed by atoms with Crippen molar-refractivity contribution < 1.29 is 37.1 Å². The molecule has 10 heteroatoms. The van der Waals surface area contributed by atoms with Gasteiger partial charge in [-0.1, -0.05) is 25.3 Å². The Morgan fingerprint density at radius 1 is 0.750 bits per heavy atom. The van der Waals surface area contributed by atoms with E-state index in [2.05, 4.69) is 32.8 Å². The number of halogens is 1. The number of aliphatic carboxylic acids is 2. The van der Waals surface area contributed by atoms with E-state index in [1.54, 1.807) is 6.08 Å². The van der Waals surface area contributed by atoms with Crippen molar-refractivity contribution in [1.82, 2.24) is 19.9 Å². The van der Waals surface area contributed by atoms with Crippen molar-refractivity contribution in [3.63, 3.8) is 0 Å². The van der Waals surface area contributed by atoms with Gasteiger partial charge >= 0.3 is 38.9 Å². The Labute approximate surface area is 270 Å². The molecule has 5 rings (SSSR count). The van der Waals surface area contributed by atoms with Gasteiger partial charge in [-0.2, -0.15) is 0 Å². The monoisotopic (exact) mass is 700 g/mol. The van der Waals surface area contributed by atoms with Crippen LogP contribution in [0, 0.1) is 13.8 Å². The number of hydrogen-bond acceptors (Lipinski definition) is 4. The van der Waals surface area contributed by atoms with Crippen molar-refractivity contribution in [3.8, 4) is 0 Å². The first-order valence-electron chi connectivity index (χ1n) is 14.0. The summed E-state index contributed by atoms with van der Waals surface area (Å²) < 4.78 is 0. The van der Waals surface area contributed by atoms with E-state index < -0.39 is 11.9 Å². The molecule has 0 amide bonds. The van der Waals surface area contributed by atoms with Crippen LogP contribution in [0.4, 0.5) is 0 Å². The number of nitrogens with one attached hydrogen (secondary N) is 2. The number of nitrogens with zero attached hydrogens (tertiary/aromatic N) is 2. The quantitative estimate of drug-likeness (QED) is 0.175. The van der Waals surface area contributed by atoms with Gasteiger partial charge in [0.05, 0.1) is 22.8 Å². The van der Waals surface area contributed by atoms with Gasteiger partial charge in [-0.25, -0.2) is 9.97 Å². The summed E-state index contributed by atoms with van der Waals surface area (Å²) in [5.41, 5.74) is 13.7. The molecule has 2 aliphatic heterocycles. The van der Waals surface area contributed by atoms with Crippen molar-refractivity contribution >= 4 is 72.1 Å². The summed E-state index contributed by atoms with van der Waals surface area (Å²) in [6.07, 6.45) is 4.22. The molecule has 2 aliphatic rings. The Hall–Kier alpha value is -4.07. The number of carboxylic acid groups (broad SMARTS) is 2. The minimum absolute atomic E-state index is 0.0259. The third kappa shape index (κ3) is 6.40. The summed E-state index contributed by atoms with van der Waals surface area (Å²) in [5.74, 6) is -1.76. The van der Waals surface area contributed by atoms with Crippen LogP contribution in [0.15, 0.2) is 43.5 Å². The van der Waals surface area contributed by atoms with Gasteiger partial charge < -0.3 is 20.2 Å². The molecule has 0 radical (unpaired) electrons. The van der Waals surface area contributed by atoms with Crippen LogP contribution < -0.4 is 0 Å². The number of hydrogen-bond donors (Lipinski definition) is 4. The molecule has 0 aliphatic carbocycles. The second-order valence-corrected chi connectivity index (χ2v) is 10.7. The van der Waals surface area contributed by atoms with Gasteiger partial charge in [-0.15, -0.1) is 0 Å². The van der Waals surface area contributed by atoms with Gasteiger partial charge in [0.25, 0.3) is 0 Å². The molecule has 0 spiro atoms. The summed E-state index contributed by atoms with van der Waals surface area (Å²) in [4.78, 5) is 40.0. The van der Waals surface area contributed by atoms with Crippen molar-refractivity contribution in [3.05, 3.63) is 88.5 Å². The number of rotatable bonds is 8. The molecule has 0 unspecified atom stereocenters. The number of aryl methyl sites for hydroxylation is 3. The topological polar surface area (TPSA) is 132 Å². The van der Waals surface area contributed by atoms with Crippen molar-refractivity contribution in [2.75, 3.05) is 0 Å². The average Bonchev–Trinajstić information content (AvgIpc) is 3.64. The molecular weight excluding hydrogens is 667 g/mol. The first-order chi connectivity index (χ1) is 21.0. The second-order valence-electron chi connectivity index (χ2n) is 10.7. The first-order valence-corrected chi connectivity index (χ1v) is 16.1. The van der Waals surface area contributed by atoms with Crippen LogP contribution in [0.1, 0.15) is 78.1 Å². The maximum atomic E-state index is 11.5. The van der Waals surface area contributed by atoms with E-state index >= 15 is 0 Å². The summed E-state index contributed by atoms with van der Waals surface area (Å²) in [5, 5.41) is 18.9. The number of aromatic amines is 2. The molecule has 0 atom stereocenters. The Morgan fingerprint density at radius 3 is 1.91 bits per heavy atom. The van der Waals surface area contributed by atoms with Gasteiger partial charge in [0.2, 0.25) is 0 Å². The molecule has 0 aromatic carbocycles. The van der Waals surface area contributed by atoms with Crippen LogP contribution in [-0.2, 0) is 33.3 Å². The van der Waals surface area contributed by atoms with Crippen molar-refractivity contribution in [2.45, 2.75) is 53.4 Å². The Bertz CT molecular complexity index is 1930. The third-order valence-corrected chi connectivity index (χ3v) is 8.22. The van der Waals surface area contributed by atoms with E-state index in [0.717, 1.165) is 83.7 Å². The van der Waals surface area contributed by atoms with Crippen LogP contribution in [0.2, 0.25) is 0 Å². The molecule has 4 N–H and O–H groups in total. The zero-order valence-corrected chi connectivity index (χ0v) is 27.4. The molecule has 44 heavy (non-hydrogen) atoms. The van der Waals surface area contributed by atoms with E-state index in [-0.39, 0.29) is 12.8 Å². The SMILES string of the molecule is C=CC1=C(C)c2cc3[nH]c(cc4nc(cc5[nH]c(cc1n2)c(C)c5CCC(=O)O)C(CCC(=O)O)=C4C)c(C)c3C=C.[Cl][Rh]. The molecule has 3 aromatic heterocycles. The molecule has 5 heterocycles. The molecule has 0 saturated carbocycles. The van der Waals surface area contributed by atoms with Gasteiger partial charge in [-0.3, -0.25) is 9.59 Å². The summed E-state index contributed by atoms with van der Waals surface area (Å²) in [6.45, 7) is 16.0. The van der Waals surface area contributed by atoms with E-state index in [1.807, 2.05) is 75.3 Å². The number of fused-ring (bicyclic) bond motifs is 8. The predicted octanol–water partition coefficient (Wildman–Crippen LogP) is 8.19. The van der Waals surface area contributed by atoms with E-state index in [9.17, 15) is 19.8 Å². The summed E-state index contributed by atoms with van der Waals surface area (Å²) in [7, 11) is 4.53. The first kappa shape index (κ1) is 32.8. The normalized spacial score (nSPS) is 12.6. The zero-order chi connectivity index (χ0) is 32.3. The Balaban J connectivity index is 0.00000216. The molecule has 8 bridgehead atoms. The minimum atomic E-state index is -0.883. The van der Waals surface area contributed by atoms with Gasteiger partial charge in [-0.05, 0) is 98.2 Å². The van der Waals surface area contributed by atoms with Gasteiger partial charge in [0.15, 0.2) is 0 Å². The second kappa shape index (κ2) is 13.7. The number of carboxylic acids is 2. The van der Waals surface area contributed by atoms with Crippen LogP contribution in [-0.4, -0.2) is 42.1 Å². The van der Waals surface area contributed by atoms with Crippen molar-refractivity contribution in [2.24, 2.45) is 0 Å². The fraction of sp³-hybridized carbons (Fsp3) is 0.235. The summed E-state index contributed by atoms with van der Waals surface area (Å²) >= 11 is 2.02. The summed E-state index contributed by atoms with van der Waals surface area (Å²) in [6, 6.07) is 7.88. The van der Waals surface area contributed by atoms with Gasteiger partial charge in [0, 0.05) is 46.0 Å². The average molecular weight is 701 g/mol. The van der Waals surface area contributed by atoms with Crippen LogP contribution in [0.25, 0.3) is 50.4 Å². The molecule has 8 nitrogen and oxygen atoms in total. The van der Waals surface area contributed by atoms with E-state index in [4.69, 9.17) is 9.97 Å². The molecule has 230 valence electrons. The molecule has 3 aromatic rings. The van der Waals surface area contributed by atoms with Crippen molar-refractivity contribution in [1.29, 1.82) is 0 Å². The van der Waals surface area contributed by atoms with E-state index in [1.165, 1.54) is 0 Å². The maximum absolute atomic E-state index is 11.5. The fourth-order valence-corrected chi connectivity index (χ4v) is 5.77. The van der Waals surface area contributed by atoms with E-state index in [0.29, 0.717) is 18.5 Å². The number of allylic oxidation sites excluding steroid dienone is 5. The standard InChI is InChI=1S/C34H34N4O4.ClH.Rh/c1-7-21-17(3)25-13-26-19(5)23(9-11-33(39)40)31(37-26)16-32-24(10-12-34(41)42)20(6)28(38-32)15-30-22(8-2)18(4)27(36-30)14-29(21)35-25;;/h7-8,13-16,35,38H,1-2,9-12H2,3-6H3,(H,39,40)(H,41,42);1H;/q;;+1/p-1. The zero-order valence-electron chi connectivity index (χ0n) is 25.0. The fourth-order valence-electron chi connectivity index (χ4n) is 5.77. The molecule has 0 fully saturated rings. The Morgan fingerprint density at radius 2 is 1.27 bits per heavy atom. The number of aromatic nitrogens is 4. The van der Waals surface area contributed by atoms with Crippen LogP contribution >= 0.6 is 9.69 Å². The van der Waals surface area contributed by atoms with Crippen LogP contribution in [0.3, 0.4) is 0 Å². The third-order valence-electron chi connectivity index (χ3n) is 8.22. The number of H-pyrrole nitrogens is 2. The van der Waals surface area contributed by atoms with Gasteiger partial charge in [0.1, 0.15) is 0 Å². The number of carbonyl (C=O) groups is 2.